The fraction of sp³-hybridized carbons (Fsp3) is 0.276. The van der Waals surface area contributed by atoms with Crippen LogP contribution in [-0.2, 0) is 11.2 Å². The Hall–Kier alpha value is -4.13. The van der Waals surface area contributed by atoms with Crippen LogP contribution in [0.4, 0.5) is 0 Å². The molecule has 1 amide bonds. The highest BCUT2D eigenvalue weighted by Crippen LogP contribution is 2.41. The molecular formula is C29H31NO6. The number of hydrogen-bond acceptors (Lipinski definition) is 6. The Kier molecular flexibility index (Phi) is 7.68. The lowest BCUT2D eigenvalue weighted by Gasteiger charge is -2.37. The van der Waals surface area contributed by atoms with Gasteiger partial charge in [-0.25, -0.2) is 0 Å². The monoisotopic (exact) mass is 489 g/mol. The quantitative estimate of drug-likeness (QED) is 0.419. The zero-order chi connectivity index (χ0) is 25.7. The summed E-state index contributed by atoms with van der Waals surface area (Å²) in [5, 5.41) is 0. The third kappa shape index (κ3) is 4.82. The molecule has 0 aromatic heterocycles. The third-order valence-corrected chi connectivity index (χ3v) is 6.41. The number of methoxy groups -OCH3 is 5. The van der Waals surface area contributed by atoms with E-state index >= 15 is 0 Å². The molecule has 1 heterocycles. The summed E-state index contributed by atoms with van der Waals surface area (Å²) in [7, 11) is 7.97. The van der Waals surface area contributed by atoms with Crippen LogP contribution < -0.4 is 23.7 Å². The SMILES string of the molecule is COc1cc(OC)c(OC)cc1/C=C/C(=O)N1CCc2cc(OC)c(OC)cc2C1c1ccccc1. The van der Waals surface area contributed by atoms with Crippen LogP contribution in [0.25, 0.3) is 6.08 Å². The van der Waals surface area contributed by atoms with Crippen molar-refractivity contribution >= 4 is 12.0 Å². The van der Waals surface area contributed by atoms with E-state index in [0.717, 1.165) is 16.7 Å². The van der Waals surface area contributed by atoms with Crippen LogP contribution in [0.1, 0.15) is 28.3 Å². The van der Waals surface area contributed by atoms with Gasteiger partial charge in [-0.3, -0.25) is 4.79 Å². The van der Waals surface area contributed by atoms with Crippen molar-refractivity contribution in [2.45, 2.75) is 12.5 Å². The van der Waals surface area contributed by atoms with Crippen molar-refractivity contribution in [3.63, 3.8) is 0 Å². The molecule has 0 N–H and O–H groups in total. The second-order valence-corrected chi connectivity index (χ2v) is 8.28. The van der Waals surface area contributed by atoms with Crippen LogP contribution in [0, 0.1) is 0 Å². The molecule has 3 aromatic rings. The lowest BCUT2D eigenvalue weighted by Crippen LogP contribution is -2.39. The molecule has 0 aliphatic carbocycles. The van der Waals surface area contributed by atoms with Crippen molar-refractivity contribution in [1.82, 2.24) is 4.90 Å². The highest BCUT2D eigenvalue weighted by Gasteiger charge is 2.32. The average molecular weight is 490 g/mol. The van der Waals surface area contributed by atoms with Crippen LogP contribution in [0.2, 0.25) is 0 Å². The van der Waals surface area contributed by atoms with Crippen molar-refractivity contribution in [3.05, 3.63) is 82.9 Å². The molecule has 0 saturated carbocycles. The lowest BCUT2D eigenvalue weighted by molar-refractivity contribution is -0.127. The fourth-order valence-corrected chi connectivity index (χ4v) is 4.62. The highest BCUT2D eigenvalue weighted by molar-refractivity contribution is 5.93. The number of benzene rings is 3. The van der Waals surface area contributed by atoms with E-state index < -0.39 is 0 Å². The topological polar surface area (TPSA) is 66.5 Å². The Morgan fingerprint density at radius 2 is 1.36 bits per heavy atom. The van der Waals surface area contributed by atoms with Crippen LogP contribution >= 0.6 is 0 Å². The van der Waals surface area contributed by atoms with E-state index in [1.807, 2.05) is 47.4 Å². The summed E-state index contributed by atoms with van der Waals surface area (Å²) in [6, 6.07) is 17.3. The molecular weight excluding hydrogens is 458 g/mol. The van der Waals surface area contributed by atoms with E-state index in [1.54, 1.807) is 59.8 Å². The first-order chi connectivity index (χ1) is 17.5. The average Bonchev–Trinajstić information content (AvgIpc) is 2.94. The van der Waals surface area contributed by atoms with E-state index in [0.29, 0.717) is 47.3 Å². The smallest absolute Gasteiger partial charge is 0.247 e. The number of fused-ring (bicyclic) bond motifs is 1. The molecule has 0 radical (unpaired) electrons. The summed E-state index contributed by atoms with van der Waals surface area (Å²) in [4.78, 5) is 15.5. The molecule has 0 fully saturated rings. The van der Waals surface area contributed by atoms with E-state index in [4.69, 9.17) is 23.7 Å². The summed E-state index contributed by atoms with van der Waals surface area (Å²) in [6.45, 7) is 0.564. The Morgan fingerprint density at radius 1 is 0.778 bits per heavy atom. The Bertz CT molecular complexity index is 1250. The maximum absolute atomic E-state index is 13.6. The van der Waals surface area contributed by atoms with Gasteiger partial charge in [0, 0.05) is 24.3 Å². The molecule has 3 aromatic carbocycles. The van der Waals surface area contributed by atoms with Gasteiger partial charge in [0.25, 0.3) is 0 Å². The van der Waals surface area contributed by atoms with E-state index in [-0.39, 0.29) is 11.9 Å². The number of rotatable bonds is 8. The molecule has 1 unspecified atom stereocenters. The number of hydrogen-bond donors (Lipinski definition) is 0. The Balaban J connectivity index is 1.73. The molecule has 36 heavy (non-hydrogen) atoms. The molecule has 7 heteroatoms. The van der Waals surface area contributed by atoms with Crippen LogP contribution in [0.5, 0.6) is 28.7 Å². The minimum absolute atomic E-state index is 0.110. The predicted octanol–water partition coefficient (Wildman–Crippen LogP) is 4.92. The lowest BCUT2D eigenvalue weighted by atomic mass is 9.87. The van der Waals surface area contributed by atoms with Crippen molar-refractivity contribution < 1.29 is 28.5 Å². The van der Waals surface area contributed by atoms with Crippen LogP contribution in [0.15, 0.2) is 60.7 Å². The van der Waals surface area contributed by atoms with Crippen molar-refractivity contribution in [2.75, 3.05) is 42.1 Å². The van der Waals surface area contributed by atoms with Crippen molar-refractivity contribution in [2.24, 2.45) is 0 Å². The minimum atomic E-state index is -0.265. The van der Waals surface area contributed by atoms with Gasteiger partial charge >= 0.3 is 0 Å². The molecule has 1 aliphatic rings. The number of ether oxygens (including phenoxy) is 5. The standard InChI is InChI=1S/C29H31NO6/c1-32-23-18-27(36-5)25(34-3)16-21(23)11-12-28(31)30-14-13-20-15-24(33-2)26(35-4)17-22(20)29(30)19-9-7-6-8-10-19/h6-12,15-18,29H,13-14H2,1-5H3/b12-11+. The number of carbonyl (C=O) groups excluding carboxylic acids is 1. The summed E-state index contributed by atoms with van der Waals surface area (Å²) < 4.78 is 27.4. The van der Waals surface area contributed by atoms with E-state index in [2.05, 4.69) is 0 Å². The first-order valence-corrected chi connectivity index (χ1v) is 11.6. The molecule has 1 atom stereocenters. The van der Waals surface area contributed by atoms with Crippen LogP contribution in [0.3, 0.4) is 0 Å². The van der Waals surface area contributed by atoms with Gasteiger partial charge in [-0.2, -0.15) is 0 Å². The first-order valence-electron chi connectivity index (χ1n) is 11.6. The minimum Gasteiger partial charge on any atom is -0.496 e. The van der Waals surface area contributed by atoms with Gasteiger partial charge in [-0.1, -0.05) is 30.3 Å². The predicted molar refractivity (Wildman–Crippen MR) is 138 cm³/mol. The maximum atomic E-state index is 13.6. The summed E-state index contributed by atoms with van der Waals surface area (Å²) in [5.74, 6) is 2.90. The van der Waals surface area contributed by atoms with Gasteiger partial charge in [-0.15, -0.1) is 0 Å². The van der Waals surface area contributed by atoms with E-state index in [1.165, 1.54) is 0 Å². The molecule has 7 nitrogen and oxygen atoms in total. The maximum Gasteiger partial charge on any atom is 0.247 e. The largest absolute Gasteiger partial charge is 0.496 e. The molecule has 4 rings (SSSR count). The highest BCUT2D eigenvalue weighted by atomic mass is 16.5. The zero-order valence-corrected chi connectivity index (χ0v) is 21.2. The van der Waals surface area contributed by atoms with E-state index in [9.17, 15) is 4.79 Å². The van der Waals surface area contributed by atoms with Crippen molar-refractivity contribution in [3.8, 4) is 28.7 Å². The van der Waals surface area contributed by atoms with Gasteiger partial charge in [0.2, 0.25) is 5.91 Å². The van der Waals surface area contributed by atoms with Gasteiger partial charge in [0.1, 0.15) is 5.75 Å². The molecule has 1 aliphatic heterocycles. The van der Waals surface area contributed by atoms with Crippen LogP contribution in [-0.4, -0.2) is 52.9 Å². The second kappa shape index (κ2) is 11.1. The molecule has 0 spiro atoms. The van der Waals surface area contributed by atoms with Gasteiger partial charge < -0.3 is 28.6 Å². The van der Waals surface area contributed by atoms with Gasteiger partial charge in [-0.05, 0) is 47.4 Å². The van der Waals surface area contributed by atoms with Gasteiger partial charge in [0.05, 0.1) is 41.6 Å². The first kappa shape index (κ1) is 25.0. The third-order valence-electron chi connectivity index (χ3n) is 6.41. The van der Waals surface area contributed by atoms with Gasteiger partial charge in [0.15, 0.2) is 23.0 Å². The number of carbonyl (C=O) groups is 1. The van der Waals surface area contributed by atoms with Crippen molar-refractivity contribution in [1.29, 1.82) is 0 Å². The second-order valence-electron chi connectivity index (χ2n) is 8.28. The molecule has 188 valence electrons. The summed E-state index contributed by atoms with van der Waals surface area (Å²) in [6.07, 6.45) is 4.03. The molecule has 0 saturated heterocycles. The Labute approximate surface area is 211 Å². The summed E-state index contributed by atoms with van der Waals surface area (Å²) in [5.41, 5.74) is 3.89. The fourth-order valence-electron chi connectivity index (χ4n) is 4.62. The number of nitrogens with zero attached hydrogens (tertiary/aromatic N) is 1. The molecule has 0 bridgehead atoms. The Morgan fingerprint density at radius 3 is 2.00 bits per heavy atom. The summed E-state index contributed by atoms with van der Waals surface area (Å²) >= 11 is 0. The normalized spacial score (nSPS) is 14.8. The number of amides is 1. The zero-order valence-electron chi connectivity index (χ0n) is 21.2.